The van der Waals surface area contributed by atoms with Crippen LogP contribution in [0.2, 0.25) is 0 Å². The lowest BCUT2D eigenvalue weighted by Gasteiger charge is -2.21. The molecule has 0 aliphatic rings. The standard InChI is InChI=1S/C14H22N2O2/c1-10(2)9-16-12(8-15)11-6-5-7-13(17-3)14(11)18-4/h5-7,12,16H,1,8-9,15H2,2-4H3. The van der Waals surface area contributed by atoms with Crippen LogP contribution in [0.3, 0.4) is 0 Å². The molecule has 0 aromatic heterocycles. The first-order chi connectivity index (χ1) is 8.63. The molecule has 0 heterocycles. The normalized spacial score (nSPS) is 12.0. The summed E-state index contributed by atoms with van der Waals surface area (Å²) in [5, 5.41) is 3.35. The van der Waals surface area contributed by atoms with Crippen LogP contribution in [0.1, 0.15) is 18.5 Å². The Kier molecular flexibility index (Phi) is 5.68. The molecule has 0 spiro atoms. The first kappa shape index (κ1) is 14.5. The number of nitrogens with two attached hydrogens (primary N) is 1. The number of hydrogen-bond donors (Lipinski definition) is 2. The highest BCUT2D eigenvalue weighted by Crippen LogP contribution is 2.34. The molecule has 0 aliphatic carbocycles. The summed E-state index contributed by atoms with van der Waals surface area (Å²) in [5.41, 5.74) is 7.88. The first-order valence-electron chi connectivity index (χ1n) is 5.92. The predicted molar refractivity (Wildman–Crippen MR) is 74.2 cm³/mol. The third kappa shape index (κ3) is 3.48. The highest BCUT2D eigenvalue weighted by molar-refractivity contribution is 5.48. The molecule has 1 aromatic rings. The molecule has 3 N–H and O–H groups in total. The van der Waals surface area contributed by atoms with Crippen molar-refractivity contribution in [3.63, 3.8) is 0 Å². The topological polar surface area (TPSA) is 56.5 Å². The van der Waals surface area contributed by atoms with Crippen molar-refractivity contribution in [3.8, 4) is 11.5 Å². The molecule has 0 fully saturated rings. The number of benzene rings is 1. The van der Waals surface area contributed by atoms with Crippen molar-refractivity contribution in [2.24, 2.45) is 5.73 Å². The molecule has 1 rings (SSSR count). The Morgan fingerprint density at radius 1 is 1.39 bits per heavy atom. The summed E-state index contributed by atoms with van der Waals surface area (Å²) < 4.78 is 10.7. The second kappa shape index (κ2) is 7.03. The maximum Gasteiger partial charge on any atom is 0.165 e. The van der Waals surface area contributed by atoms with Crippen LogP contribution in [0, 0.1) is 0 Å². The Hall–Kier alpha value is -1.52. The van der Waals surface area contributed by atoms with Crippen LogP contribution in [-0.2, 0) is 0 Å². The predicted octanol–water partition coefficient (Wildman–Crippen LogP) is 1.87. The van der Waals surface area contributed by atoms with Gasteiger partial charge in [-0.2, -0.15) is 0 Å². The van der Waals surface area contributed by atoms with E-state index < -0.39 is 0 Å². The monoisotopic (exact) mass is 250 g/mol. The fourth-order valence-electron chi connectivity index (χ4n) is 1.80. The molecule has 0 saturated carbocycles. The third-order valence-electron chi connectivity index (χ3n) is 2.69. The van der Waals surface area contributed by atoms with Crippen LogP contribution in [0.15, 0.2) is 30.4 Å². The Bertz CT molecular complexity index is 405. The summed E-state index contributed by atoms with van der Waals surface area (Å²) in [6, 6.07) is 5.81. The Balaban J connectivity index is 3.00. The molecule has 0 amide bonds. The van der Waals surface area contributed by atoms with E-state index >= 15 is 0 Å². The van der Waals surface area contributed by atoms with Gasteiger partial charge in [-0.1, -0.05) is 24.3 Å². The van der Waals surface area contributed by atoms with Crippen LogP contribution in [0.4, 0.5) is 0 Å². The minimum atomic E-state index is 0.0201. The molecule has 0 radical (unpaired) electrons. The van der Waals surface area contributed by atoms with Gasteiger partial charge in [0.15, 0.2) is 11.5 Å². The van der Waals surface area contributed by atoms with Gasteiger partial charge in [-0.25, -0.2) is 0 Å². The number of hydrogen-bond acceptors (Lipinski definition) is 4. The van der Waals surface area contributed by atoms with Crippen molar-refractivity contribution in [3.05, 3.63) is 35.9 Å². The summed E-state index contributed by atoms with van der Waals surface area (Å²) in [6.45, 7) is 7.06. The first-order valence-corrected chi connectivity index (χ1v) is 5.92. The molecule has 4 nitrogen and oxygen atoms in total. The maximum atomic E-state index is 5.82. The Labute approximate surface area is 109 Å². The van der Waals surface area contributed by atoms with Crippen molar-refractivity contribution in [1.29, 1.82) is 0 Å². The lowest BCUT2D eigenvalue weighted by Crippen LogP contribution is -2.29. The van der Waals surface area contributed by atoms with E-state index in [1.54, 1.807) is 14.2 Å². The van der Waals surface area contributed by atoms with Crippen LogP contribution in [-0.4, -0.2) is 27.3 Å². The van der Waals surface area contributed by atoms with Gasteiger partial charge >= 0.3 is 0 Å². The summed E-state index contributed by atoms with van der Waals surface area (Å²) >= 11 is 0. The molecule has 1 unspecified atom stereocenters. The second-order valence-corrected chi connectivity index (χ2v) is 4.21. The van der Waals surface area contributed by atoms with Gasteiger partial charge in [0.25, 0.3) is 0 Å². The zero-order chi connectivity index (χ0) is 13.5. The average Bonchev–Trinajstić information content (AvgIpc) is 2.38. The minimum absolute atomic E-state index is 0.0201. The SMILES string of the molecule is C=C(C)CNC(CN)c1cccc(OC)c1OC. The van der Waals surface area contributed by atoms with Gasteiger partial charge < -0.3 is 20.5 Å². The molecule has 1 aromatic carbocycles. The zero-order valence-electron chi connectivity index (χ0n) is 11.3. The van der Waals surface area contributed by atoms with Crippen LogP contribution < -0.4 is 20.5 Å². The molecule has 1 atom stereocenters. The van der Waals surface area contributed by atoms with Gasteiger partial charge in [0, 0.05) is 24.7 Å². The lowest BCUT2D eigenvalue weighted by atomic mass is 10.0. The Morgan fingerprint density at radius 3 is 2.61 bits per heavy atom. The molecule has 100 valence electrons. The molecule has 0 aliphatic heterocycles. The molecule has 4 heteroatoms. The zero-order valence-corrected chi connectivity index (χ0v) is 11.3. The summed E-state index contributed by atoms with van der Waals surface area (Å²) in [7, 11) is 3.26. The average molecular weight is 250 g/mol. The molecular formula is C14H22N2O2. The number of nitrogens with one attached hydrogen (secondary N) is 1. The number of rotatable bonds is 7. The van der Waals surface area contributed by atoms with E-state index in [-0.39, 0.29) is 6.04 Å². The summed E-state index contributed by atoms with van der Waals surface area (Å²) in [5.74, 6) is 1.44. The van der Waals surface area contributed by atoms with E-state index in [2.05, 4.69) is 11.9 Å². The van der Waals surface area contributed by atoms with Crippen molar-refractivity contribution in [2.75, 3.05) is 27.3 Å². The highest BCUT2D eigenvalue weighted by Gasteiger charge is 2.17. The number of methoxy groups -OCH3 is 2. The van der Waals surface area contributed by atoms with E-state index in [1.165, 1.54) is 0 Å². The molecule has 18 heavy (non-hydrogen) atoms. The molecule has 0 bridgehead atoms. The molecule has 0 saturated heterocycles. The van der Waals surface area contributed by atoms with Gasteiger partial charge in [-0.05, 0) is 13.0 Å². The largest absolute Gasteiger partial charge is 0.493 e. The van der Waals surface area contributed by atoms with Crippen LogP contribution in [0.25, 0.3) is 0 Å². The van der Waals surface area contributed by atoms with E-state index in [9.17, 15) is 0 Å². The van der Waals surface area contributed by atoms with Crippen molar-refractivity contribution in [1.82, 2.24) is 5.32 Å². The van der Waals surface area contributed by atoms with E-state index in [4.69, 9.17) is 15.2 Å². The fourth-order valence-corrected chi connectivity index (χ4v) is 1.80. The third-order valence-corrected chi connectivity index (χ3v) is 2.69. The van der Waals surface area contributed by atoms with E-state index in [0.717, 1.165) is 23.4 Å². The molecular weight excluding hydrogens is 228 g/mol. The quantitative estimate of drug-likeness (QED) is 0.725. The summed E-state index contributed by atoms with van der Waals surface area (Å²) in [4.78, 5) is 0. The van der Waals surface area contributed by atoms with Gasteiger partial charge in [0.05, 0.1) is 14.2 Å². The van der Waals surface area contributed by atoms with Gasteiger partial charge in [0.1, 0.15) is 0 Å². The van der Waals surface area contributed by atoms with E-state index in [1.807, 2.05) is 25.1 Å². The van der Waals surface area contributed by atoms with E-state index in [0.29, 0.717) is 12.3 Å². The number of para-hydroxylation sites is 1. The maximum absolute atomic E-state index is 5.82. The van der Waals surface area contributed by atoms with Crippen molar-refractivity contribution < 1.29 is 9.47 Å². The van der Waals surface area contributed by atoms with Crippen LogP contribution >= 0.6 is 0 Å². The Morgan fingerprint density at radius 2 is 2.11 bits per heavy atom. The van der Waals surface area contributed by atoms with Gasteiger partial charge in [0.2, 0.25) is 0 Å². The minimum Gasteiger partial charge on any atom is -0.493 e. The van der Waals surface area contributed by atoms with Crippen LogP contribution in [0.5, 0.6) is 11.5 Å². The van der Waals surface area contributed by atoms with Crippen molar-refractivity contribution >= 4 is 0 Å². The van der Waals surface area contributed by atoms with Crippen molar-refractivity contribution in [2.45, 2.75) is 13.0 Å². The fraction of sp³-hybridized carbons (Fsp3) is 0.429. The highest BCUT2D eigenvalue weighted by atomic mass is 16.5. The smallest absolute Gasteiger partial charge is 0.165 e. The lowest BCUT2D eigenvalue weighted by molar-refractivity contribution is 0.347. The van der Waals surface area contributed by atoms with Gasteiger partial charge in [-0.15, -0.1) is 0 Å². The number of ether oxygens (including phenoxy) is 2. The second-order valence-electron chi connectivity index (χ2n) is 4.21. The van der Waals surface area contributed by atoms with Gasteiger partial charge in [-0.3, -0.25) is 0 Å². The summed E-state index contributed by atoms with van der Waals surface area (Å²) in [6.07, 6.45) is 0.